The maximum atomic E-state index is 12.5. The molecule has 3 rings (SSSR count). The van der Waals surface area contributed by atoms with Crippen molar-refractivity contribution in [1.82, 2.24) is 5.32 Å². The van der Waals surface area contributed by atoms with E-state index in [1.54, 1.807) is 21.1 Å². The van der Waals surface area contributed by atoms with E-state index in [0.29, 0.717) is 18.2 Å². The fraction of sp³-hybridized carbons (Fsp3) is 0.389. The number of hydrogen-bond acceptors (Lipinski definition) is 2. The first-order chi connectivity index (χ1) is 11.6. The van der Waals surface area contributed by atoms with Crippen molar-refractivity contribution in [1.29, 1.82) is 0 Å². The van der Waals surface area contributed by atoms with Gasteiger partial charge in [-0.3, -0.25) is 4.79 Å². The Bertz CT molecular complexity index is 669. The molecule has 0 aliphatic carbocycles. The minimum absolute atomic E-state index is 0.00277. The van der Waals surface area contributed by atoms with Crippen LogP contribution in [0.5, 0.6) is 0 Å². The molecule has 1 saturated heterocycles. The lowest BCUT2D eigenvalue weighted by Crippen LogP contribution is -3.27. The number of hydrogen-bond donors (Lipinski definition) is 3. The van der Waals surface area contributed by atoms with Gasteiger partial charge in [0.1, 0.15) is 32.2 Å². The summed E-state index contributed by atoms with van der Waals surface area (Å²) in [5.41, 5.74) is 0.701. The first-order valence-electron chi connectivity index (χ1n) is 8.36. The largest absolute Gasteiger partial charge is 0.346 e. The van der Waals surface area contributed by atoms with Crippen molar-refractivity contribution in [2.75, 3.05) is 39.8 Å². The standard InChI is InChI=1S/C18H22BrN3OS/c1-21-7-9-22(10-8-21)16(17-6-3-11-24-17)13-20-18(23)14-4-2-5-15(19)12-14/h2-6,11-12,16H,7-10,13H2,1H3,(H,20,23)/p+2/t16-/m1/s1. The van der Waals surface area contributed by atoms with Crippen LogP contribution in [0.4, 0.5) is 0 Å². The summed E-state index contributed by atoms with van der Waals surface area (Å²) >= 11 is 5.21. The van der Waals surface area contributed by atoms with Gasteiger partial charge in [0, 0.05) is 10.0 Å². The highest BCUT2D eigenvalue weighted by Gasteiger charge is 2.30. The summed E-state index contributed by atoms with van der Waals surface area (Å²) in [6.07, 6.45) is 0. The average molecular weight is 410 g/mol. The van der Waals surface area contributed by atoms with E-state index in [0.717, 1.165) is 17.6 Å². The maximum Gasteiger partial charge on any atom is 0.251 e. The van der Waals surface area contributed by atoms with Crippen LogP contribution in [0.25, 0.3) is 0 Å². The third kappa shape index (κ3) is 4.45. The van der Waals surface area contributed by atoms with E-state index in [2.05, 4.69) is 45.8 Å². The normalized spacial score (nSPS) is 22.1. The molecular formula is C18H24BrN3OS+2. The topological polar surface area (TPSA) is 38.0 Å². The van der Waals surface area contributed by atoms with Gasteiger partial charge < -0.3 is 15.1 Å². The van der Waals surface area contributed by atoms with Gasteiger partial charge in [0.25, 0.3) is 5.91 Å². The molecule has 0 radical (unpaired) electrons. The quantitative estimate of drug-likeness (QED) is 0.656. The lowest BCUT2D eigenvalue weighted by atomic mass is 10.1. The maximum absolute atomic E-state index is 12.5. The summed E-state index contributed by atoms with van der Waals surface area (Å²) in [4.78, 5) is 17.0. The highest BCUT2D eigenvalue weighted by molar-refractivity contribution is 9.10. The number of likely N-dealkylation sites (N-methyl/N-ethyl adjacent to an activating group) is 1. The zero-order valence-electron chi connectivity index (χ0n) is 13.8. The molecule has 1 aliphatic rings. The molecule has 128 valence electrons. The Hall–Kier alpha value is -1.21. The van der Waals surface area contributed by atoms with E-state index in [4.69, 9.17) is 0 Å². The Morgan fingerprint density at radius 2 is 2.04 bits per heavy atom. The molecule has 0 saturated carbocycles. The zero-order chi connectivity index (χ0) is 16.9. The predicted octanol–water partition coefficient (Wildman–Crippen LogP) is 0.395. The van der Waals surface area contributed by atoms with Crippen molar-refractivity contribution < 1.29 is 14.6 Å². The Kier molecular flexibility index (Phi) is 6.05. The van der Waals surface area contributed by atoms with E-state index in [1.165, 1.54) is 18.0 Å². The van der Waals surface area contributed by atoms with E-state index >= 15 is 0 Å². The molecule has 1 aliphatic heterocycles. The molecule has 4 nitrogen and oxygen atoms in total. The van der Waals surface area contributed by atoms with E-state index < -0.39 is 0 Å². The summed E-state index contributed by atoms with van der Waals surface area (Å²) < 4.78 is 0.928. The van der Waals surface area contributed by atoms with Crippen LogP contribution in [-0.4, -0.2) is 45.7 Å². The molecule has 1 aromatic carbocycles. The van der Waals surface area contributed by atoms with Crippen molar-refractivity contribution in [3.63, 3.8) is 0 Å². The van der Waals surface area contributed by atoms with Crippen LogP contribution in [0, 0.1) is 0 Å². The number of quaternary nitrogens is 2. The second-order valence-corrected chi connectivity index (χ2v) is 8.30. The van der Waals surface area contributed by atoms with E-state index in [1.807, 2.05) is 24.3 Å². The third-order valence-corrected chi connectivity index (χ3v) is 6.16. The van der Waals surface area contributed by atoms with Gasteiger partial charge in [-0.1, -0.05) is 28.1 Å². The lowest BCUT2D eigenvalue weighted by molar-refractivity contribution is -1.02. The highest BCUT2D eigenvalue weighted by Crippen LogP contribution is 2.16. The number of carbonyl (C=O) groups excluding carboxylic acids is 1. The fourth-order valence-corrected chi connectivity index (χ4v) is 4.49. The van der Waals surface area contributed by atoms with Gasteiger partial charge in [-0.2, -0.15) is 0 Å². The molecule has 1 aromatic heterocycles. The van der Waals surface area contributed by atoms with E-state index in [9.17, 15) is 4.79 Å². The second-order valence-electron chi connectivity index (χ2n) is 6.40. The summed E-state index contributed by atoms with van der Waals surface area (Å²) in [5.74, 6) is -0.00277. The molecular weight excluding hydrogens is 386 g/mol. The minimum Gasteiger partial charge on any atom is -0.346 e. The molecule has 0 spiro atoms. The monoisotopic (exact) mass is 409 g/mol. The number of halogens is 1. The van der Waals surface area contributed by atoms with Crippen molar-refractivity contribution in [3.8, 4) is 0 Å². The lowest BCUT2D eigenvalue weighted by Gasteiger charge is -2.33. The van der Waals surface area contributed by atoms with E-state index in [-0.39, 0.29) is 5.91 Å². The summed E-state index contributed by atoms with van der Waals surface area (Å²) in [7, 11) is 2.26. The van der Waals surface area contributed by atoms with Crippen molar-refractivity contribution in [2.24, 2.45) is 0 Å². The number of amides is 1. The number of benzene rings is 1. The SMILES string of the molecule is C[NH+]1CC[NH+]([C@H](CNC(=O)c2cccc(Br)c2)c2cccs2)CC1. The van der Waals surface area contributed by atoms with Gasteiger partial charge in [0.15, 0.2) is 0 Å². The molecule has 0 bridgehead atoms. The van der Waals surface area contributed by atoms with Crippen LogP contribution in [0.15, 0.2) is 46.3 Å². The fourth-order valence-electron chi connectivity index (χ4n) is 3.21. The number of piperazine rings is 1. The molecule has 2 heterocycles. The molecule has 2 aromatic rings. The second kappa shape index (κ2) is 8.25. The summed E-state index contributed by atoms with van der Waals surface area (Å²) in [6, 6.07) is 12.2. The Morgan fingerprint density at radius 3 is 2.71 bits per heavy atom. The Morgan fingerprint density at radius 1 is 1.25 bits per heavy atom. The van der Waals surface area contributed by atoms with Crippen LogP contribution in [0.2, 0.25) is 0 Å². The van der Waals surface area contributed by atoms with Crippen molar-refractivity contribution >= 4 is 33.2 Å². The number of carbonyl (C=O) groups is 1. The average Bonchev–Trinajstić information content (AvgIpc) is 3.11. The van der Waals surface area contributed by atoms with Gasteiger partial charge in [-0.05, 0) is 29.6 Å². The molecule has 0 unspecified atom stereocenters. The predicted molar refractivity (Wildman–Crippen MR) is 101 cm³/mol. The first-order valence-corrected chi connectivity index (χ1v) is 10.0. The number of rotatable bonds is 5. The summed E-state index contributed by atoms with van der Waals surface area (Å²) in [5, 5.41) is 5.27. The molecule has 1 amide bonds. The molecule has 6 heteroatoms. The third-order valence-electron chi connectivity index (χ3n) is 4.68. The molecule has 1 atom stereocenters. The van der Waals surface area contributed by atoms with Gasteiger partial charge in [0.05, 0.1) is 18.5 Å². The zero-order valence-corrected chi connectivity index (χ0v) is 16.3. The van der Waals surface area contributed by atoms with Gasteiger partial charge in [-0.25, -0.2) is 0 Å². The Balaban J connectivity index is 1.67. The number of thiophene rings is 1. The molecule has 3 N–H and O–H groups in total. The minimum atomic E-state index is -0.00277. The molecule has 24 heavy (non-hydrogen) atoms. The van der Waals surface area contributed by atoms with Crippen LogP contribution in [-0.2, 0) is 0 Å². The van der Waals surface area contributed by atoms with Crippen molar-refractivity contribution in [2.45, 2.75) is 6.04 Å². The van der Waals surface area contributed by atoms with Crippen LogP contribution in [0.3, 0.4) is 0 Å². The van der Waals surface area contributed by atoms with Crippen LogP contribution >= 0.6 is 27.3 Å². The smallest absolute Gasteiger partial charge is 0.251 e. The molecule has 1 fully saturated rings. The van der Waals surface area contributed by atoms with Gasteiger partial charge in [0.2, 0.25) is 0 Å². The van der Waals surface area contributed by atoms with Gasteiger partial charge in [-0.15, -0.1) is 11.3 Å². The number of nitrogens with one attached hydrogen (secondary N) is 3. The van der Waals surface area contributed by atoms with Crippen LogP contribution in [0.1, 0.15) is 21.3 Å². The first kappa shape index (κ1) is 17.6. The van der Waals surface area contributed by atoms with Crippen LogP contribution < -0.4 is 15.1 Å². The highest BCUT2D eigenvalue weighted by atomic mass is 79.9. The van der Waals surface area contributed by atoms with Gasteiger partial charge >= 0.3 is 0 Å². The Labute approximate surface area is 155 Å². The van der Waals surface area contributed by atoms with Crippen molar-refractivity contribution in [3.05, 3.63) is 56.7 Å². The summed E-state index contributed by atoms with van der Waals surface area (Å²) in [6.45, 7) is 5.37.